The Kier molecular flexibility index (Phi) is 8.55. The average molecular weight is 568 g/mol. The number of piperidine rings is 1. The van der Waals surface area contributed by atoms with Crippen molar-refractivity contribution in [2.45, 2.75) is 68.0 Å². The molecule has 1 aromatic carbocycles. The van der Waals surface area contributed by atoms with Gasteiger partial charge in [-0.2, -0.15) is 4.98 Å². The van der Waals surface area contributed by atoms with Gasteiger partial charge >= 0.3 is 0 Å². The fourth-order valence-electron chi connectivity index (χ4n) is 6.05. The van der Waals surface area contributed by atoms with Crippen molar-refractivity contribution >= 4 is 28.3 Å². The predicted molar refractivity (Wildman–Crippen MR) is 157 cm³/mol. The molecular weight excluding hydrogens is 526 g/mol. The van der Waals surface area contributed by atoms with Crippen molar-refractivity contribution in [1.29, 1.82) is 0 Å². The first kappa shape index (κ1) is 27.5. The molecule has 2 aromatic rings. The summed E-state index contributed by atoms with van der Waals surface area (Å²) in [5.74, 6) is 3.01. The van der Waals surface area contributed by atoms with Gasteiger partial charge in [-0.25, -0.2) is 4.98 Å². The largest absolute Gasteiger partial charge is 0.490 e. The second kappa shape index (κ2) is 12.4. The lowest BCUT2D eigenvalue weighted by molar-refractivity contribution is 0.0584. The van der Waals surface area contributed by atoms with E-state index in [1.165, 1.54) is 0 Å². The van der Waals surface area contributed by atoms with Crippen LogP contribution < -0.4 is 15.0 Å². The van der Waals surface area contributed by atoms with Crippen molar-refractivity contribution in [3.63, 3.8) is 0 Å². The SMILES string of the molecule is C=C(c1ccc(OC2CCN(c3nc4c(c(NC5CCOCC5)n3)S(=O)CC4)CC2)cc1)N(C)C1CCOCC1. The van der Waals surface area contributed by atoms with Gasteiger partial charge in [0.15, 0.2) is 0 Å². The van der Waals surface area contributed by atoms with Crippen molar-refractivity contribution < 1.29 is 18.4 Å². The Hall–Kier alpha value is -2.69. The number of hydrogen-bond donors (Lipinski definition) is 1. The second-order valence-corrected chi connectivity index (χ2v) is 12.7. The molecule has 6 rings (SSSR count). The summed E-state index contributed by atoms with van der Waals surface area (Å²) in [6.45, 7) is 9.14. The highest BCUT2D eigenvalue weighted by Crippen LogP contribution is 2.32. The number of nitrogens with zero attached hydrogens (tertiary/aromatic N) is 4. The molecule has 9 nitrogen and oxygen atoms in total. The van der Waals surface area contributed by atoms with E-state index in [1.807, 2.05) is 0 Å². The van der Waals surface area contributed by atoms with Crippen molar-refractivity contribution in [2.24, 2.45) is 0 Å². The Labute approximate surface area is 239 Å². The molecule has 0 saturated carbocycles. The highest BCUT2D eigenvalue weighted by Gasteiger charge is 2.30. The third-order valence-electron chi connectivity index (χ3n) is 8.62. The highest BCUT2D eigenvalue weighted by molar-refractivity contribution is 7.85. The Bertz CT molecular complexity index is 1210. The van der Waals surface area contributed by atoms with Gasteiger partial charge in [-0.1, -0.05) is 6.58 Å². The maximum atomic E-state index is 12.7. The monoisotopic (exact) mass is 567 g/mol. The molecule has 1 atom stereocenters. The molecule has 5 heterocycles. The van der Waals surface area contributed by atoms with Crippen LogP contribution in [0.25, 0.3) is 5.70 Å². The topological polar surface area (TPSA) is 89.1 Å². The van der Waals surface area contributed by atoms with Crippen LogP contribution in [0.5, 0.6) is 5.75 Å². The van der Waals surface area contributed by atoms with Gasteiger partial charge in [0, 0.05) is 89.4 Å². The van der Waals surface area contributed by atoms with Gasteiger partial charge < -0.3 is 29.3 Å². The number of ether oxygens (including phenoxy) is 3. The van der Waals surface area contributed by atoms with Gasteiger partial charge in [0.2, 0.25) is 5.95 Å². The van der Waals surface area contributed by atoms with Gasteiger partial charge in [0.25, 0.3) is 0 Å². The molecule has 1 aromatic heterocycles. The van der Waals surface area contributed by atoms with Crippen LogP contribution in [0, 0.1) is 0 Å². The van der Waals surface area contributed by atoms with E-state index in [0.717, 1.165) is 124 Å². The summed E-state index contributed by atoms with van der Waals surface area (Å²) in [6.07, 6.45) is 6.64. The zero-order valence-corrected chi connectivity index (χ0v) is 24.3. The van der Waals surface area contributed by atoms with Crippen molar-refractivity contribution in [3.05, 3.63) is 42.1 Å². The summed E-state index contributed by atoms with van der Waals surface area (Å²) in [5, 5.41) is 3.58. The molecule has 0 aliphatic carbocycles. The minimum atomic E-state index is -1.03. The van der Waals surface area contributed by atoms with Crippen LogP contribution in [0.15, 0.2) is 35.7 Å². The molecule has 4 aliphatic heterocycles. The number of aromatic nitrogens is 2. The number of nitrogens with one attached hydrogen (secondary N) is 1. The fourth-order valence-corrected chi connectivity index (χ4v) is 7.36. The van der Waals surface area contributed by atoms with Crippen molar-refractivity contribution in [1.82, 2.24) is 14.9 Å². The Morgan fingerprint density at radius 3 is 2.40 bits per heavy atom. The molecule has 0 spiro atoms. The third-order valence-corrected chi connectivity index (χ3v) is 10.1. The van der Waals surface area contributed by atoms with Crippen LogP contribution in [0.1, 0.15) is 49.8 Å². The number of anilines is 2. The number of benzene rings is 1. The molecule has 1 N–H and O–H groups in total. The van der Waals surface area contributed by atoms with E-state index < -0.39 is 10.8 Å². The lowest BCUT2D eigenvalue weighted by Gasteiger charge is -2.34. The third kappa shape index (κ3) is 6.14. The van der Waals surface area contributed by atoms with Crippen molar-refractivity contribution in [3.8, 4) is 5.75 Å². The maximum absolute atomic E-state index is 12.7. The first-order valence-electron chi connectivity index (χ1n) is 14.7. The molecule has 3 fully saturated rings. The lowest BCUT2D eigenvalue weighted by atomic mass is 10.0. The predicted octanol–water partition coefficient (Wildman–Crippen LogP) is 3.86. The molecule has 40 heavy (non-hydrogen) atoms. The standard InChI is InChI=1S/C30H41N5O4S/c1-21(34(2)24-11-18-38-19-12-24)22-3-5-25(6-4-22)39-26-7-14-35(15-8-26)30-32-27-13-20-40(36)28(27)29(33-30)31-23-9-16-37-17-10-23/h3-6,23-24,26H,1,7-20H2,2H3,(H,31,32,33). The minimum absolute atomic E-state index is 0.150. The van der Waals surface area contributed by atoms with E-state index in [9.17, 15) is 4.21 Å². The van der Waals surface area contributed by atoms with E-state index >= 15 is 0 Å². The van der Waals surface area contributed by atoms with Gasteiger partial charge in [-0.05, 0) is 55.5 Å². The molecule has 4 aliphatic rings. The van der Waals surface area contributed by atoms with Crippen LogP contribution in [0.2, 0.25) is 0 Å². The number of fused-ring (bicyclic) bond motifs is 1. The fraction of sp³-hybridized carbons (Fsp3) is 0.600. The van der Waals surface area contributed by atoms with E-state index in [-0.39, 0.29) is 6.10 Å². The second-order valence-electron chi connectivity index (χ2n) is 11.2. The van der Waals surface area contributed by atoms with E-state index in [1.54, 1.807) is 0 Å². The Balaban J connectivity index is 1.05. The Morgan fingerprint density at radius 1 is 1.02 bits per heavy atom. The average Bonchev–Trinajstić information content (AvgIpc) is 3.39. The summed E-state index contributed by atoms with van der Waals surface area (Å²) < 4.78 is 30.1. The molecule has 0 amide bonds. The lowest BCUT2D eigenvalue weighted by Crippen LogP contribution is -2.39. The van der Waals surface area contributed by atoms with Crippen LogP contribution in [0.4, 0.5) is 11.8 Å². The molecule has 3 saturated heterocycles. The maximum Gasteiger partial charge on any atom is 0.227 e. The molecule has 0 radical (unpaired) electrons. The number of rotatable bonds is 8. The van der Waals surface area contributed by atoms with Gasteiger partial charge in [-0.15, -0.1) is 0 Å². The summed E-state index contributed by atoms with van der Waals surface area (Å²) in [6, 6.07) is 9.11. The summed E-state index contributed by atoms with van der Waals surface area (Å²) in [5.41, 5.74) is 3.09. The number of aryl methyl sites for hydroxylation is 1. The van der Waals surface area contributed by atoms with Crippen LogP contribution in [-0.4, -0.2) is 89.6 Å². The van der Waals surface area contributed by atoms with Crippen LogP contribution >= 0.6 is 0 Å². The molecule has 10 heteroatoms. The smallest absolute Gasteiger partial charge is 0.227 e. The molecule has 0 bridgehead atoms. The summed E-state index contributed by atoms with van der Waals surface area (Å²) in [7, 11) is 1.09. The highest BCUT2D eigenvalue weighted by atomic mass is 32.2. The van der Waals surface area contributed by atoms with Gasteiger partial charge in [0.05, 0.1) is 16.5 Å². The minimum Gasteiger partial charge on any atom is -0.490 e. The van der Waals surface area contributed by atoms with E-state index in [0.29, 0.717) is 17.8 Å². The normalized spacial score (nSPS) is 22.6. The molecular formula is C30H41N5O4S. The van der Waals surface area contributed by atoms with Gasteiger partial charge in [0.1, 0.15) is 22.6 Å². The molecule has 216 valence electrons. The molecule has 1 unspecified atom stereocenters. The summed E-state index contributed by atoms with van der Waals surface area (Å²) >= 11 is 0. The van der Waals surface area contributed by atoms with Crippen LogP contribution in [-0.2, 0) is 26.7 Å². The first-order valence-corrected chi connectivity index (χ1v) is 16.0. The van der Waals surface area contributed by atoms with Crippen LogP contribution in [0.3, 0.4) is 0 Å². The van der Waals surface area contributed by atoms with Crippen molar-refractivity contribution in [2.75, 3.05) is 62.5 Å². The van der Waals surface area contributed by atoms with E-state index in [4.69, 9.17) is 24.2 Å². The Morgan fingerprint density at radius 2 is 1.70 bits per heavy atom. The quantitative estimate of drug-likeness (QED) is 0.511. The zero-order valence-electron chi connectivity index (χ0n) is 23.5. The van der Waals surface area contributed by atoms with Gasteiger partial charge in [-0.3, -0.25) is 4.21 Å². The summed E-state index contributed by atoms with van der Waals surface area (Å²) in [4.78, 5) is 15.1. The zero-order chi connectivity index (χ0) is 27.5. The first-order chi connectivity index (χ1) is 19.5. The van der Waals surface area contributed by atoms with E-state index in [2.05, 4.69) is 53.0 Å². The number of hydrogen-bond acceptors (Lipinski definition) is 9.